The lowest BCUT2D eigenvalue weighted by molar-refractivity contribution is -0.126. The quantitative estimate of drug-likeness (QED) is 0.670. The number of hydrogen-bond acceptors (Lipinski definition) is 5. The van der Waals surface area contributed by atoms with Gasteiger partial charge in [0.2, 0.25) is 12.0 Å². The predicted octanol–water partition coefficient (Wildman–Crippen LogP) is 3.71. The van der Waals surface area contributed by atoms with Crippen molar-refractivity contribution in [3.05, 3.63) is 57.0 Å². The number of fused-ring (bicyclic) bond motifs is 1. The third kappa shape index (κ3) is 2.82. The molecule has 2 amide bonds. The molecule has 0 radical (unpaired) electrons. The van der Waals surface area contributed by atoms with Crippen molar-refractivity contribution < 1.29 is 19.2 Å². The van der Waals surface area contributed by atoms with Crippen LogP contribution in [-0.4, -0.2) is 30.7 Å². The smallest absolute Gasteiger partial charge is 0.279 e. The van der Waals surface area contributed by atoms with Crippen LogP contribution in [0.5, 0.6) is 5.75 Å². The van der Waals surface area contributed by atoms with Gasteiger partial charge in [-0.1, -0.05) is 44.8 Å². The van der Waals surface area contributed by atoms with Crippen LogP contribution in [0.15, 0.2) is 46.0 Å². The molecule has 2 aliphatic heterocycles. The lowest BCUT2D eigenvalue weighted by Crippen LogP contribution is -2.33. The van der Waals surface area contributed by atoms with Crippen LogP contribution < -0.4 is 9.64 Å². The van der Waals surface area contributed by atoms with E-state index in [-0.39, 0.29) is 0 Å². The standard InChI is InChI=1S/C19H14BrClN2O4/c1-9-7-13(14(26-2)8-12(9)21)23-18(24)15-16(22-27-17(15)19(23)25)10-3-5-11(20)6-4-10/h3-8,15,17H,1-2H3. The molecule has 2 aliphatic rings. The van der Waals surface area contributed by atoms with E-state index in [1.165, 1.54) is 7.11 Å². The number of methoxy groups -OCH3 is 1. The van der Waals surface area contributed by atoms with Crippen molar-refractivity contribution in [2.45, 2.75) is 13.0 Å². The van der Waals surface area contributed by atoms with Crippen LogP contribution in [0.3, 0.4) is 0 Å². The fraction of sp³-hybridized carbons (Fsp3) is 0.211. The summed E-state index contributed by atoms with van der Waals surface area (Å²) in [6.07, 6.45) is -0.975. The van der Waals surface area contributed by atoms with Crippen molar-refractivity contribution in [2.24, 2.45) is 11.1 Å². The minimum absolute atomic E-state index is 0.342. The predicted molar refractivity (Wildman–Crippen MR) is 104 cm³/mol. The number of imide groups is 1. The Morgan fingerprint density at radius 3 is 2.56 bits per heavy atom. The van der Waals surface area contributed by atoms with Gasteiger partial charge in [-0.15, -0.1) is 0 Å². The molecule has 2 atom stereocenters. The van der Waals surface area contributed by atoms with Crippen molar-refractivity contribution in [1.29, 1.82) is 0 Å². The van der Waals surface area contributed by atoms with Crippen molar-refractivity contribution in [2.75, 3.05) is 12.0 Å². The normalized spacial score (nSPS) is 21.2. The Labute approximate surface area is 168 Å². The second kappa shape index (κ2) is 6.65. The number of hydrogen-bond donors (Lipinski definition) is 0. The summed E-state index contributed by atoms with van der Waals surface area (Å²) in [6.45, 7) is 1.79. The first-order valence-corrected chi connectivity index (χ1v) is 9.31. The number of rotatable bonds is 3. The molecule has 1 fully saturated rings. The van der Waals surface area contributed by atoms with Gasteiger partial charge in [-0.2, -0.15) is 0 Å². The molecular formula is C19H14BrClN2O4. The van der Waals surface area contributed by atoms with Gasteiger partial charge >= 0.3 is 0 Å². The van der Waals surface area contributed by atoms with E-state index in [1.807, 2.05) is 24.3 Å². The van der Waals surface area contributed by atoms with Crippen LogP contribution in [0.2, 0.25) is 5.02 Å². The van der Waals surface area contributed by atoms with Gasteiger partial charge in [0.05, 0.1) is 12.8 Å². The van der Waals surface area contributed by atoms with Crippen molar-refractivity contribution in [3.63, 3.8) is 0 Å². The summed E-state index contributed by atoms with van der Waals surface area (Å²) >= 11 is 9.52. The van der Waals surface area contributed by atoms with Crippen molar-refractivity contribution in [3.8, 4) is 5.75 Å². The zero-order valence-corrected chi connectivity index (χ0v) is 16.7. The van der Waals surface area contributed by atoms with Crippen LogP contribution >= 0.6 is 27.5 Å². The molecule has 2 aromatic rings. The van der Waals surface area contributed by atoms with Gasteiger partial charge in [-0.25, -0.2) is 4.90 Å². The highest BCUT2D eigenvalue weighted by Gasteiger charge is 2.56. The maximum absolute atomic E-state index is 13.2. The Morgan fingerprint density at radius 1 is 1.19 bits per heavy atom. The number of benzene rings is 2. The summed E-state index contributed by atoms with van der Waals surface area (Å²) in [7, 11) is 1.46. The molecule has 1 saturated heterocycles. The molecule has 2 unspecified atom stereocenters. The van der Waals surface area contributed by atoms with Crippen LogP contribution in [0.1, 0.15) is 11.1 Å². The molecule has 0 saturated carbocycles. The molecule has 4 rings (SSSR count). The van der Waals surface area contributed by atoms with Crippen LogP contribution in [0.25, 0.3) is 0 Å². The Kier molecular flexibility index (Phi) is 4.44. The molecule has 0 bridgehead atoms. The highest BCUT2D eigenvalue weighted by atomic mass is 79.9. The van der Waals surface area contributed by atoms with Gasteiger partial charge in [0.15, 0.2) is 0 Å². The summed E-state index contributed by atoms with van der Waals surface area (Å²) in [5, 5.41) is 4.49. The fourth-order valence-electron chi connectivity index (χ4n) is 3.26. The molecule has 138 valence electrons. The Morgan fingerprint density at radius 2 is 1.89 bits per heavy atom. The van der Waals surface area contributed by atoms with Crippen molar-refractivity contribution >= 4 is 50.7 Å². The van der Waals surface area contributed by atoms with E-state index in [0.717, 1.165) is 20.5 Å². The number of carbonyl (C=O) groups is 2. The molecule has 0 aromatic heterocycles. The van der Waals surface area contributed by atoms with Gasteiger partial charge < -0.3 is 9.57 Å². The topological polar surface area (TPSA) is 68.2 Å². The van der Waals surface area contributed by atoms with Gasteiger partial charge in [-0.05, 0) is 30.7 Å². The molecular weight excluding hydrogens is 436 g/mol. The first-order valence-electron chi connectivity index (χ1n) is 8.14. The summed E-state index contributed by atoms with van der Waals surface area (Å²) in [5.74, 6) is -1.32. The molecule has 8 heteroatoms. The van der Waals surface area contributed by atoms with E-state index in [9.17, 15) is 9.59 Å². The summed E-state index contributed by atoms with van der Waals surface area (Å²) in [5.41, 5.74) is 2.25. The van der Waals surface area contributed by atoms with E-state index in [1.54, 1.807) is 19.1 Å². The number of aryl methyl sites for hydroxylation is 1. The fourth-order valence-corrected chi connectivity index (χ4v) is 3.68. The molecule has 27 heavy (non-hydrogen) atoms. The maximum atomic E-state index is 13.2. The molecule has 0 aliphatic carbocycles. The van der Waals surface area contributed by atoms with Gasteiger partial charge in [0.25, 0.3) is 5.91 Å². The Balaban J connectivity index is 1.75. The molecule has 6 nitrogen and oxygen atoms in total. The van der Waals surface area contributed by atoms with Crippen LogP contribution in [0, 0.1) is 12.8 Å². The highest BCUT2D eigenvalue weighted by molar-refractivity contribution is 9.10. The summed E-state index contributed by atoms with van der Waals surface area (Å²) in [4.78, 5) is 32.5. The van der Waals surface area contributed by atoms with E-state index < -0.39 is 23.8 Å². The second-order valence-corrected chi connectivity index (χ2v) is 7.60. The Hall–Kier alpha value is -2.38. The number of oxime groups is 1. The zero-order valence-electron chi connectivity index (χ0n) is 14.4. The molecule has 2 aromatic carbocycles. The SMILES string of the molecule is COc1cc(Cl)c(C)cc1N1C(=O)C2ON=C(c3ccc(Br)cc3)C2C1=O. The van der Waals surface area contributed by atoms with Crippen LogP contribution in [-0.2, 0) is 14.4 Å². The minimum Gasteiger partial charge on any atom is -0.495 e. The number of nitrogens with zero attached hydrogens (tertiary/aromatic N) is 2. The first kappa shape index (κ1) is 18.0. The monoisotopic (exact) mass is 448 g/mol. The lowest BCUT2D eigenvalue weighted by Gasteiger charge is -2.19. The van der Waals surface area contributed by atoms with E-state index in [2.05, 4.69) is 21.1 Å². The molecule has 0 N–H and O–H groups in total. The van der Waals surface area contributed by atoms with E-state index in [0.29, 0.717) is 22.2 Å². The zero-order chi connectivity index (χ0) is 19.3. The van der Waals surface area contributed by atoms with Crippen LogP contribution in [0.4, 0.5) is 5.69 Å². The number of ether oxygens (including phenoxy) is 1. The first-order chi connectivity index (χ1) is 12.9. The number of anilines is 1. The number of carbonyl (C=O) groups excluding carboxylic acids is 2. The van der Waals surface area contributed by atoms with Gasteiger partial charge in [-0.3, -0.25) is 9.59 Å². The lowest BCUT2D eigenvalue weighted by atomic mass is 9.94. The number of halogens is 2. The molecule has 0 spiro atoms. The van der Waals surface area contributed by atoms with Crippen molar-refractivity contribution in [1.82, 2.24) is 0 Å². The minimum atomic E-state index is -0.975. The second-order valence-electron chi connectivity index (χ2n) is 6.27. The highest BCUT2D eigenvalue weighted by Crippen LogP contribution is 2.40. The average molecular weight is 450 g/mol. The third-order valence-electron chi connectivity index (χ3n) is 4.65. The Bertz CT molecular complexity index is 990. The third-order valence-corrected chi connectivity index (χ3v) is 5.59. The maximum Gasteiger partial charge on any atom is 0.279 e. The van der Waals surface area contributed by atoms with Gasteiger partial charge in [0, 0.05) is 21.1 Å². The average Bonchev–Trinajstić information content (AvgIpc) is 3.19. The number of amides is 2. The van der Waals surface area contributed by atoms with E-state index in [4.69, 9.17) is 21.2 Å². The molecule has 2 heterocycles. The largest absolute Gasteiger partial charge is 0.495 e. The summed E-state index contributed by atoms with van der Waals surface area (Å²) < 4.78 is 6.23. The summed E-state index contributed by atoms with van der Waals surface area (Å²) in [6, 6.07) is 10.6. The van der Waals surface area contributed by atoms with E-state index >= 15 is 0 Å². The van der Waals surface area contributed by atoms with Gasteiger partial charge in [0.1, 0.15) is 17.4 Å².